The first-order valence-corrected chi connectivity index (χ1v) is 5.92. The van der Waals surface area contributed by atoms with Crippen molar-refractivity contribution in [2.24, 2.45) is 0 Å². The van der Waals surface area contributed by atoms with Crippen LogP contribution < -0.4 is 5.73 Å². The van der Waals surface area contributed by atoms with E-state index in [1.165, 1.54) is 0 Å². The number of benzene rings is 2. The molecule has 6 heteroatoms. The monoisotopic (exact) mass is 266 g/mol. The van der Waals surface area contributed by atoms with E-state index in [1.54, 1.807) is 6.07 Å². The average Bonchev–Trinajstić information content (AvgIpc) is 2.46. The summed E-state index contributed by atoms with van der Waals surface area (Å²) in [6.45, 7) is 0. The molecular weight excluding hydrogens is 256 g/mol. The van der Waals surface area contributed by atoms with Crippen LogP contribution in [0.4, 0.5) is 11.6 Å². The first-order chi connectivity index (χ1) is 9.66. The van der Waals surface area contributed by atoms with E-state index in [-0.39, 0.29) is 17.3 Å². The summed E-state index contributed by atoms with van der Waals surface area (Å²) in [5.74, 6) is 0.0125. The summed E-state index contributed by atoms with van der Waals surface area (Å²) >= 11 is 0. The minimum Gasteiger partial charge on any atom is -0.368 e. The molecule has 0 radical (unpaired) electrons. The second-order valence-electron chi connectivity index (χ2n) is 4.25. The first-order valence-electron chi connectivity index (χ1n) is 5.92. The molecule has 2 aromatic carbocycles. The molecule has 0 aliphatic rings. The van der Waals surface area contributed by atoms with Crippen molar-refractivity contribution in [2.45, 2.75) is 0 Å². The summed E-state index contributed by atoms with van der Waals surface area (Å²) in [5, 5.41) is 13.0. The molecule has 0 unspecified atom stereocenters. The molecule has 0 aliphatic heterocycles. The number of aromatic nitrogens is 2. The number of nitrogen functional groups attached to an aromatic ring is 1. The van der Waals surface area contributed by atoms with Crippen molar-refractivity contribution < 1.29 is 4.92 Å². The summed E-state index contributed by atoms with van der Waals surface area (Å²) in [4.78, 5) is 18.4. The van der Waals surface area contributed by atoms with E-state index in [0.29, 0.717) is 5.56 Å². The molecule has 0 aliphatic carbocycles. The van der Waals surface area contributed by atoms with Crippen LogP contribution in [0.1, 0.15) is 0 Å². The number of hydrogen-bond donors (Lipinski definition) is 1. The van der Waals surface area contributed by atoms with Crippen molar-refractivity contribution in [1.29, 1.82) is 0 Å². The molecule has 0 saturated carbocycles. The first kappa shape index (κ1) is 12.0. The van der Waals surface area contributed by atoms with Gasteiger partial charge in [-0.15, -0.1) is 0 Å². The molecule has 1 aromatic heterocycles. The zero-order valence-corrected chi connectivity index (χ0v) is 10.4. The molecular formula is C14H10N4O2. The molecule has 98 valence electrons. The van der Waals surface area contributed by atoms with Gasteiger partial charge in [0.2, 0.25) is 5.95 Å². The summed E-state index contributed by atoms with van der Waals surface area (Å²) in [6.07, 6.45) is 1.14. The van der Waals surface area contributed by atoms with E-state index < -0.39 is 4.92 Å². The molecule has 3 aromatic rings. The minimum atomic E-state index is -0.503. The molecule has 0 amide bonds. The zero-order chi connectivity index (χ0) is 14.1. The van der Waals surface area contributed by atoms with Crippen molar-refractivity contribution in [1.82, 2.24) is 9.97 Å². The number of nitro groups is 1. The Labute approximate surface area is 114 Å². The molecule has 0 atom stereocenters. The number of fused-ring (bicyclic) bond motifs is 1. The Hall–Kier alpha value is -3.02. The van der Waals surface area contributed by atoms with Gasteiger partial charge in [0.05, 0.1) is 4.92 Å². The topological polar surface area (TPSA) is 94.9 Å². The van der Waals surface area contributed by atoms with Crippen LogP contribution in [-0.2, 0) is 0 Å². The fourth-order valence-electron chi connectivity index (χ4n) is 2.15. The summed E-state index contributed by atoms with van der Waals surface area (Å²) in [6, 6.07) is 13.2. The Morgan fingerprint density at radius 1 is 1.10 bits per heavy atom. The van der Waals surface area contributed by atoms with Gasteiger partial charge in [-0.05, 0) is 10.8 Å². The van der Waals surface area contributed by atoms with Gasteiger partial charge in [-0.2, -0.15) is 0 Å². The van der Waals surface area contributed by atoms with E-state index in [1.807, 2.05) is 36.4 Å². The Morgan fingerprint density at radius 3 is 2.65 bits per heavy atom. The van der Waals surface area contributed by atoms with Crippen molar-refractivity contribution >= 4 is 22.4 Å². The van der Waals surface area contributed by atoms with Crippen molar-refractivity contribution in [3.05, 3.63) is 58.8 Å². The van der Waals surface area contributed by atoms with Crippen molar-refractivity contribution in [2.75, 3.05) is 5.73 Å². The predicted octanol–water partition coefficient (Wildman–Crippen LogP) is 2.79. The van der Waals surface area contributed by atoms with E-state index in [9.17, 15) is 10.1 Å². The Kier molecular flexibility index (Phi) is 2.76. The summed E-state index contributed by atoms with van der Waals surface area (Å²) in [5.41, 5.74) is 6.31. The third kappa shape index (κ3) is 1.93. The standard InChI is InChI=1S/C14H10N4O2/c15-14-16-8-12(18(19)20)13(17-14)11-7-3-5-9-4-1-2-6-10(9)11/h1-8H,(H2,15,16,17). The molecule has 0 bridgehead atoms. The second kappa shape index (κ2) is 4.58. The number of nitrogens with zero attached hydrogens (tertiary/aromatic N) is 3. The maximum Gasteiger partial charge on any atom is 0.313 e. The normalized spacial score (nSPS) is 10.6. The van der Waals surface area contributed by atoms with E-state index in [4.69, 9.17) is 5.73 Å². The molecule has 0 fully saturated rings. The SMILES string of the molecule is Nc1ncc([N+](=O)[O-])c(-c2cccc3ccccc23)n1. The smallest absolute Gasteiger partial charge is 0.313 e. The Balaban J connectivity index is 2.36. The van der Waals surface area contributed by atoms with Crippen LogP contribution in [0.15, 0.2) is 48.7 Å². The lowest BCUT2D eigenvalue weighted by molar-refractivity contribution is -0.384. The average molecular weight is 266 g/mol. The van der Waals surface area contributed by atoms with E-state index in [0.717, 1.165) is 17.0 Å². The van der Waals surface area contributed by atoms with Gasteiger partial charge in [-0.1, -0.05) is 42.5 Å². The third-order valence-corrected chi connectivity index (χ3v) is 3.03. The lowest BCUT2D eigenvalue weighted by Crippen LogP contribution is -2.01. The molecule has 6 nitrogen and oxygen atoms in total. The number of hydrogen-bond acceptors (Lipinski definition) is 5. The Morgan fingerprint density at radius 2 is 1.85 bits per heavy atom. The summed E-state index contributed by atoms with van der Waals surface area (Å²) in [7, 11) is 0. The van der Waals surface area contributed by atoms with Gasteiger partial charge in [0.15, 0.2) is 5.69 Å². The molecule has 0 saturated heterocycles. The molecule has 20 heavy (non-hydrogen) atoms. The highest BCUT2D eigenvalue weighted by molar-refractivity contribution is 5.97. The zero-order valence-electron chi connectivity index (χ0n) is 10.4. The number of nitrogens with two attached hydrogens (primary N) is 1. The molecule has 0 spiro atoms. The van der Waals surface area contributed by atoms with Gasteiger partial charge >= 0.3 is 5.69 Å². The highest BCUT2D eigenvalue weighted by atomic mass is 16.6. The maximum absolute atomic E-state index is 11.1. The number of anilines is 1. The minimum absolute atomic E-state index is 0.0125. The fourth-order valence-corrected chi connectivity index (χ4v) is 2.15. The van der Waals surface area contributed by atoms with Crippen molar-refractivity contribution in [3.8, 4) is 11.3 Å². The molecule has 3 rings (SSSR count). The lowest BCUT2D eigenvalue weighted by Gasteiger charge is -2.06. The predicted molar refractivity (Wildman–Crippen MR) is 76.0 cm³/mol. The second-order valence-corrected chi connectivity index (χ2v) is 4.25. The van der Waals surface area contributed by atoms with Gasteiger partial charge in [0.1, 0.15) is 6.20 Å². The van der Waals surface area contributed by atoms with Crippen LogP contribution >= 0.6 is 0 Å². The van der Waals surface area contributed by atoms with E-state index in [2.05, 4.69) is 9.97 Å². The van der Waals surface area contributed by atoms with Crippen molar-refractivity contribution in [3.63, 3.8) is 0 Å². The molecule has 1 heterocycles. The quantitative estimate of drug-likeness (QED) is 0.568. The van der Waals surface area contributed by atoms with Crippen LogP contribution in [0, 0.1) is 10.1 Å². The van der Waals surface area contributed by atoms with E-state index >= 15 is 0 Å². The fraction of sp³-hybridized carbons (Fsp3) is 0. The van der Waals surface area contributed by atoms with Gasteiger partial charge < -0.3 is 5.73 Å². The van der Waals surface area contributed by atoms with Crippen LogP contribution in [0.3, 0.4) is 0 Å². The largest absolute Gasteiger partial charge is 0.368 e. The van der Waals surface area contributed by atoms with Crippen LogP contribution in [0.5, 0.6) is 0 Å². The van der Waals surface area contributed by atoms with Crippen LogP contribution in [0.2, 0.25) is 0 Å². The third-order valence-electron chi connectivity index (χ3n) is 3.03. The van der Waals surface area contributed by atoms with Gasteiger partial charge in [-0.25, -0.2) is 9.97 Å². The highest BCUT2D eigenvalue weighted by Gasteiger charge is 2.19. The number of rotatable bonds is 2. The maximum atomic E-state index is 11.1. The summed E-state index contributed by atoms with van der Waals surface area (Å²) < 4.78 is 0. The van der Waals surface area contributed by atoms with Crippen LogP contribution in [0.25, 0.3) is 22.0 Å². The lowest BCUT2D eigenvalue weighted by atomic mass is 10.0. The Bertz CT molecular complexity index is 812. The van der Waals surface area contributed by atoms with Gasteiger partial charge in [0.25, 0.3) is 0 Å². The van der Waals surface area contributed by atoms with Crippen LogP contribution in [-0.4, -0.2) is 14.9 Å². The molecule has 2 N–H and O–H groups in total. The van der Waals surface area contributed by atoms with Gasteiger partial charge in [0, 0.05) is 5.56 Å². The highest BCUT2D eigenvalue weighted by Crippen LogP contribution is 2.33. The van der Waals surface area contributed by atoms with Gasteiger partial charge in [-0.3, -0.25) is 10.1 Å².